The first kappa shape index (κ1) is 13.4. The zero-order valence-corrected chi connectivity index (χ0v) is 10.2. The molecule has 0 rings (SSSR count). The lowest BCUT2D eigenvalue weighted by molar-refractivity contribution is -0.123. The van der Waals surface area contributed by atoms with Crippen molar-refractivity contribution in [2.45, 2.75) is 46.6 Å². The second-order valence-electron chi connectivity index (χ2n) is 4.67. The van der Waals surface area contributed by atoms with Crippen LogP contribution in [0.2, 0.25) is 0 Å². The van der Waals surface area contributed by atoms with E-state index in [-0.39, 0.29) is 17.4 Å². The molecular weight excluding hydrogens is 196 g/mol. The van der Waals surface area contributed by atoms with Crippen LogP contribution in [-0.2, 0) is 4.79 Å². The molecular formula is C10H20N2OS. The number of hydrogen-bond donors (Lipinski definition) is 2. The first-order chi connectivity index (χ1) is 6.26. The van der Waals surface area contributed by atoms with Crippen LogP contribution in [-0.4, -0.2) is 16.9 Å². The Morgan fingerprint density at radius 2 is 2.00 bits per heavy atom. The van der Waals surface area contributed by atoms with E-state index in [1.807, 2.05) is 27.7 Å². The Morgan fingerprint density at radius 1 is 1.50 bits per heavy atom. The van der Waals surface area contributed by atoms with E-state index in [2.05, 4.69) is 5.32 Å². The van der Waals surface area contributed by atoms with Gasteiger partial charge in [-0.25, -0.2) is 0 Å². The van der Waals surface area contributed by atoms with Gasteiger partial charge in [0.2, 0.25) is 5.91 Å². The number of carbonyl (C=O) groups excluding carboxylic acids is 1. The van der Waals surface area contributed by atoms with Gasteiger partial charge in [0.15, 0.2) is 0 Å². The van der Waals surface area contributed by atoms with Crippen molar-refractivity contribution in [3.8, 4) is 0 Å². The quantitative estimate of drug-likeness (QED) is 0.702. The van der Waals surface area contributed by atoms with E-state index in [1.165, 1.54) is 0 Å². The van der Waals surface area contributed by atoms with Crippen molar-refractivity contribution in [2.75, 3.05) is 0 Å². The van der Waals surface area contributed by atoms with Crippen molar-refractivity contribution >= 4 is 23.1 Å². The number of carbonyl (C=O) groups is 1. The molecule has 1 atom stereocenters. The van der Waals surface area contributed by atoms with Gasteiger partial charge in [-0.1, -0.05) is 39.9 Å². The summed E-state index contributed by atoms with van der Waals surface area (Å²) in [6, 6.07) is -0.167. The minimum absolute atomic E-state index is 0.00140. The monoisotopic (exact) mass is 216 g/mol. The highest BCUT2D eigenvalue weighted by atomic mass is 32.1. The molecule has 0 aliphatic rings. The van der Waals surface area contributed by atoms with Crippen molar-refractivity contribution in [2.24, 2.45) is 11.1 Å². The highest BCUT2D eigenvalue weighted by molar-refractivity contribution is 7.80. The normalized spacial score (nSPS) is 13.4. The summed E-state index contributed by atoms with van der Waals surface area (Å²) in [4.78, 5) is 11.9. The second-order valence-corrected chi connectivity index (χ2v) is 5.14. The molecule has 0 spiro atoms. The van der Waals surface area contributed by atoms with Crippen LogP contribution in [0.4, 0.5) is 0 Å². The van der Waals surface area contributed by atoms with Crippen LogP contribution in [0.1, 0.15) is 40.5 Å². The van der Waals surface area contributed by atoms with E-state index in [4.69, 9.17) is 18.0 Å². The lowest BCUT2D eigenvalue weighted by Gasteiger charge is -2.20. The predicted octanol–water partition coefficient (Wildman–Crippen LogP) is 1.60. The van der Waals surface area contributed by atoms with E-state index < -0.39 is 0 Å². The Kier molecular flexibility index (Phi) is 5.05. The van der Waals surface area contributed by atoms with Gasteiger partial charge in [0.25, 0.3) is 0 Å². The van der Waals surface area contributed by atoms with Crippen LogP contribution in [0, 0.1) is 5.41 Å². The first-order valence-corrected chi connectivity index (χ1v) is 5.25. The lowest BCUT2D eigenvalue weighted by Crippen LogP contribution is -2.43. The molecule has 0 saturated carbocycles. The number of rotatable bonds is 4. The third kappa shape index (κ3) is 5.91. The van der Waals surface area contributed by atoms with Gasteiger partial charge >= 0.3 is 0 Å². The average Bonchev–Trinajstić information content (AvgIpc) is 1.96. The smallest absolute Gasteiger partial charge is 0.221 e. The zero-order valence-electron chi connectivity index (χ0n) is 9.39. The van der Waals surface area contributed by atoms with E-state index in [1.54, 1.807) is 0 Å². The Hall–Kier alpha value is -0.640. The molecule has 14 heavy (non-hydrogen) atoms. The molecule has 0 fully saturated rings. The molecule has 3 nitrogen and oxygen atoms in total. The molecule has 4 heteroatoms. The molecule has 1 unspecified atom stereocenters. The van der Waals surface area contributed by atoms with Gasteiger partial charge in [0.05, 0.1) is 11.0 Å². The number of amides is 1. The Balaban J connectivity index is 4.11. The standard InChI is InChI=1S/C10H20N2OS/c1-5-7(9(11)14)12-8(13)6-10(2,3)4/h7H,5-6H2,1-4H3,(H2,11,14)(H,12,13). The number of thiocarbonyl (C=S) groups is 1. The van der Waals surface area contributed by atoms with E-state index in [0.717, 1.165) is 6.42 Å². The lowest BCUT2D eigenvalue weighted by atomic mass is 9.92. The average molecular weight is 216 g/mol. The van der Waals surface area contributed by atoms with E-state index in [9.17, 15) is 4.79 Å². The molecule has 0 saturated heterocycles. The largest absolute Gasteiger partial charge is 0.392 e. The molecule has 3 N–H and O–H groups in total. The fourth-order valence-electron chi connectivity index (χ4n) is 1.10. The molecule has 0 aromatic rings. The maximum absolute atomic E-state index is 11.5. The third-order valence-electron chi connectivity index (χ3n) is 1.78. The fourth-order valence-corrected chi connectivity index (χ4v) is 1.33. The highest BCUT2D eigenvalue weighted by Crippen LogP contribution is 2.17. The first-order valence-electron chi connectivity index (χ1n) is 4.85. The van der Waals surface area contributed by atoms with E-state index >= 15 is 0 Å². The molecule has 0 radical (unpaired) electrons. The summed E-state index contributed by atoms with van der Waals surface area (Å²) in [6.07, 6.45) is 1.23. The van der Waals surface area contributed by atoms with Crippen LogP contribution in [0.15, 0.2) is 0 Å². The van der Waals surface area contributed by atoms with Crippen LogP contribution in [0.25, 0.3) is 0 Å². The highest BCUT2D eigenvalue weighted by Gasteiger charge is 2.18. The molecule has 0 aromatic heterocycles. The Bertz CT molecular complexity index is 221. The summed E-state index contributed by atoms with van der Waals surface area (Å²) >= 11 is 4.84. The van der Waals surface area contributed by atoms with Crippen molar-refractivity contribution in [3.63, 3.8) is 0 Å². The molecule has 82 valence electrons. The maximum atomic E-state index is 11.5. The summed E-state index contributed by atoms with van der Waals surface area (Å²) in [5, 5.41) is 2.82. The van der Waals surface area contributed by atoms with Gasteiger partial charge in [0, 0.05) is 6.42 Å². The van der Waals surface area contributed by atoms with Crippen molar-refractivity contribution in [1.82, 2.24) is 5.32 Å². The molecule has 0 aromatic carbocycles. The summed E-state index contributed by atoms with van der Waals surface area (Å²) in [5.74, 6) is 0.0113. The van der Waals surface area contributed by atoms with Gasteiger partial charge in [0.1, 0.15) is 0 Å². The predicted molar refractivity (Wildman–Crippen MR) is 63.1 cm³/mol. The topological polar surface area (TPSA) is 55.1 Å². The second kappa shape index (κ2) is 5.29. The summed E-state index contributed by atoms with van der Waals surface area (Å²) in [7, 11) is 0. The SMILES string of the molecule is CCC(NC(=O)CC(C)(C)C)C(N)=S. The minimum Gasteiger partial charge on any atom is -0.392 e. The van der Waals surface area contributed by atoms with Gasteiger partial charge in [-0.15, -0.1) is 0 Å². The number of nitrogens with one attached hydrogen (secondary N) is 1. The van der Waals surface area contributed by atoms with Gasteiger partial charge < -0.3 is 11.1 Å². The fraction of sp³-hybridized carbons (Fsp3) is 0.800. The van der Waals surface area contributed by atoms with Crippen LogP contribution >= 0.6 is 12.2 Å². The minimum atomic E-state index is -0.167. The summed E-state index contributed by atoms with van der Waals surface area (Å²) in [5.41, 5.74) is 5.47. The Labute approximate surface area is 91.4 Å². The molecule has 0 aliphatic heterocycles. The van der Waals surface area contributed by atoms with Gasteiger partial charge in [-0.3, -0.25) is 4.79 Å². The Morgan fingerprint density at radius 3 is 2.29 bits per heavy atom. The molecule has 1 amide bonds. The summed E-state index contributed by atoms with van der Waals surface area (Å²) in [6.45, 7) is 8.01. The van der Waals surface area contributed by atoms with Crippen LogP contribution in [0.3, 0.4) is 0 Å². The molecule has 0 bridgehead atoms. The van der Waals surface area contributed by atoms with Gasteiger partial charge in [-0.2, -0.15) is 0 Å². The van der Waals surface area contributed by atoms with Gasteiger partial charge in [-0.05, 0) is 11.8 Å². The van der Waals surface area contributed by atoms with Crippen molar-refractivity contribution in [1.29, 1.82) is 0 Å². The summed E-state index contributed by atoms with van der Waals surface area (Å²) < 4.78 is 0. The molecule has 0 heterocycles. The zero-order chi connectivity index (χ0) is 11.4. The maximum Gasteiger partial charge on any atom is 0.221 e. The third-order valence-corrected chi connectivity index (χ3v) is 2.06. The van der Waals surface area contributed by atoms with Crippen molar-refractivity contribution < 1.29 is 4.79 Å². The van der Waals surface area contributed by atoms with E-state index in [0.29, 0.717) is 11.4 Å². The van der Waals surface area contributed by atoms with Crippen LogP contribution < -0.4 is 11.1 Å². The molecule has 0 aliphatic carbocycles. The number of nitrogens with two attached hydrogens (primary N) is 1. The van der Waals surface area contributed by atoms with Crippen LogP contribution in [0.5, 0.6) is 0 Å². The van der Waals surface area contributed by atoms with Crippen molar-refractivity contribution in [3.05, 3.63) is 0 Å². The number of hydrogen-bond acceptors (Lipinski definition) is 2.